The van der Waals surface area contributed by atoms with Gasteiger partial charge in [-0.05, 0) is 43.2 Å². The topological polar surface area (TPSA) is 58.6 Å². The Hall–Kier alpha value is -2.25. The van der Waals surface area contributed by atoms with Crippen molar-refractivity contribution in [3.63, 3.8) is 0 Å². The Balaban J connectivity index is 2.11. The molecule has 2 aromatic rings. The van der Waals surface area contributed by atoms with Crippen LogP contribution >= 0.6 is 23.4 Å². The summed E-state index contributed by atoms with van der Waals surface area (Å²) in [6.45, 7) is 4.48. The third-order valence-electron chi connectivity index (χ3n) is 4.74. The van der Waals surface area contributed by atoms with Gasteiger partial charge in [-0.2, -0.15) is 0 Å². The van der Waals surface area contributed by atoms with Crippen molar-refractivity contribution in [2.24, 2.45) is 0 Å². The second-order valence-electron chi connectivity index (χ2n) is 7.03. The summed E-state index contributed by atoms with van der Waals surface area (Å²) in [4.78, 5) is 27.1. The molecule has 0 unspecified atom stereocenters. The van der Waals surface area contributed by atoms with E-state index in [1.807, 2.05) is 31.2 Å². The molecule has 8 heteroatoms. The number of hydrogen-bond acceptors (Lipinski definition) is 4. The average molecular weight is 467 g/mol. The lowest BCUT2D eigenvalue weighted by Crippen LogP contribution is -2.48. The third-order valence-corrected chi connectivity index (χ3v) is 6.04. The van der Waals surface area contributed by atoms with Crippen molar-refractivity contribution in [1.29, 1.82) is 0 Å². The van der Waals surface area contributed by atoms with Crippen molar-refractivity contribution in [3.8, 4) is 5.75 Å². The molecule has 0 aliphatic rings. The number of rotatable bonds is 11. The maximum Gasteiger partial charge on any atom is 0.242 e. The summed E-state index contributed by atoms with van der Waals surface area (Å²) in [7, 11) is 1.58. The first-order valence-electron chi connectivity index (χ1n) is 10.1. The molecule has 0 fully saturated rings. The number of nitrogens with one attached hydrogen (secondary N) is 1. The first-order valence-corrected chi connectivity index (χ1v) is 11.6. The van der Waals surface area contributed by atoms with Gasteiger partial charge in [0.15, 0.2) is 0 Å². The van der Waals surface area contributed by atoms with Gasteiger partial charge in [0.25, 0.3) is 0 Å². The second kappa shape index (κ2) is 12.6. The lowest BCUT2D eigenvalue weighted by Gasteiger charge is -2.29. The summed E-state index contributed by atoms with van der Waals surface area (Å²) in [6, 6.07) is 11.2. The van der Waals surface area contributed by atoms with Crippen LogP contribution in [0, 0.1) is 5.82 Å². The molecule has 2 aromatic carbocycles. The van der Waals surface area contributed by atoms with Gasteiger partial charge in [0, 0.05) is 29.4 Å². The lowest BCUT2D eigenvalue weighted by molar-refractivity contribution is -0.138. The largest absolute Gasteiger partial charge is 0.497 e. The van der Waals surface area contributed by atoms with Crippen LogP contribution in [0.5, 0.6) is 5.75 Å². The van der Waals surface area contributed by atoms with E-state index in [-0.39, 0.29) is 29.9 Å². The predicted octanol–water partition coefficient (Wildman–Crippen LogP) is 4.66. The van der Waals surface area contributed by atoms with E-state index >= 15 is 0 Å². The predicted molar refractivity (Wildman–Crippen MR) is 124 cm³/mol. The van der Waals surface area contributed by atoms with E-state index in [0.29, 0.717) is 22.9 Å². The highest BCUT2D eigenvalue weighted by atomic mass is 35.5. The Kier molecular flexibility index (Phi) is 10.1. The van der Waals surface area contributed by atoms with Gasteiger partial charge < -0.3 is 15.0 Å². The molecule has 0 saturated heterocycles. The number of amides is 2. The van der Waals surface area contributed by atoms with Crippen LogP contribution in [0.15, 0.2) is 42.5 Å². The van der Waals surface area contributed by atoms with Crippen LogP contribution < -0.4 is 10.1 Å². The van der Waals surface area contributed by atoms with Gasteiger partial charge in [-0.1, -0.05) is 36.7 Å². The Bertz CT molecular complexity index is 877. The van der Waals surface area contributed by atoms with Crippen molar-refractivity contribution in [1.82, 2.24) is 10.2 Å². The fourth-order valence-electron chi connectivity index (χ4n) is 2.94. The molecule has 5 nitrogen and oxygen atoms in total. The smallest absolute Gasteiger partial charge is 0.242 e. The summed E-state index contributed by atoms with van der Waals surface area (Å²) < 4.78 is 19.2. The molecule has 31 heavy (non-hydrogen) atoms. The van der Waals surface area contributed by atoms with Gasteiger partial charge in [0.05, 0.1) is 12.9 Å². The lowest BCUT2D eigenvalue weighted by atomic mass is 10.1. The summed E-state index contributed by atoms with van der Waals surface area (Å²) in [5.41, 5.74) is 1.22. The van der Waals surface area contributed by atoms with E-state index in [2.05, 4.69) is 5.32 Å². The maximum absolute atomic E-state index is 14.0. The molecular formula is C23H28ClFN2O3S. The van der Waals surface area contributed by atoms with Crippen molar-refractivity contribution in [2.45, 2.75) is 38.6 Å². The van der Waals surface area contributed by atoms with Crippen LogP contribution in [0.4, 0.5) is 4.39 Å². The second-order valence-corrected chi connectivity index (χ2v) is 8.43. The van der Waals surface area contributed by atoms with Crippen LogP contribution in [0.1, 0.15) is 31.4 Å². The normalized spacial score (nSPS) is 11.6. The van der Waals surface area contributed by atoms with Crippen molar-refractivity contribution in [3.05, 3.63) is 64.4 Å². The number of halogens is 2. The van der Waals surface area contributed by atoms with E-state index in [1.165, 1.54) is 22.7 Å². The van der Waals surface area contributed by atoms with E-state index in [9.17, 15) is 14.0 Å². The van der Waals surface area contributed by atoms with Gasteiger partial charge in [-0.3, -0.25) is 9.59 Å². The summed E-state index contributed by atoms with van der Waals surface area (Å²) in [5, 5.41) is 3.18. The van der Waals surface area contributed by atoms with Gasteiger partial charge in [-0.15, -0.1) is 11.8 Å². The number of carbonyl (C=O) groups excluding carboxylic acids is 2. The highest BCUT2D eigenvalue weighted by Crippen LogP contribution is 2.24. The molecule has 0 bridgehead atoms. The molecule has 2 amide bonds. The quantitative estimate of drug-likeness (QED) is 0.523. The highest BCUT2D eigenvalue weighted by molar-refractivity contribution is 7.99. The van der Waals surface area contributed by atoms with Crippen LogP contribution in [0.3, 0.4) is 0 Å². The van der Waals surface area contributed by atoms with E-state index < -0.39 is 11.9 Å². The Morgan fingerprint density at radius 2 is 2.00 bits per heavy atom. The molecule has 0 saturated carbocycles. The Morgan fingerprint density at radius 3 is 2.68 bits per heavy atom. The standard InChI is InChI=1S/C23H28ClFN2O3S/c1-4-11-26-23(29)16(2)27(13-17-7-5-8-18(12-17)30-3)22(28)15-31-14-19-20(24)9-6-10-21(19)25/h5-10,12,16H,4,11,13-15H2,1-3H3,(H,26,29)/t16-/m1/s1. The Labute approximate surface area is 192 Å². The van der Waals surface area contributed by atoms with Crippen molar-refractivity contribution < 1.29 is 18.7 Å². The minimum Gasteiger partial charge on any atom is -0.497 e. The SMILES string of the molecule is CCCNC(=O)[C@@H](C)N(Cc1cccc(OC)c1)C(=O)CSCc1c(F)cccc1Cl. The molecule has 1 atom stereocenters. The number of methoxy groups -OCH3 is 1. The molecule has 1 N–H and O–H groups in total. The molecule has 0 radical (unpaired) electrons. The van der Waals surface area contributed by atoms with Crippen LogP contribution in [-0.2, 0) is 21.9 Å². The van der Waals surface area contributed by atoms with Gasteiger partial charge in [-0.25, -0.2) is 4.39 Å². The third kappa shape index (κ3) is 7.43. The van der Waals surface area contributed by atoms with Gasteiger partial charge in [0.2, 0.25) is 11.8 Å². The zero-order valence-electron chi connectivity index (χ0n) is 18.0. The fourth-order valence-corrected chi connectivity index (χ4v) is 4.19. The van der Waals surface area contributed by atoms with Crippen molar-refractivity contribution in [2.75, 3.05) is 19.4 Å². The fraction of sp³-hybridized carbons (Fsp3) is 0.391. The van der Waals surface area contributed by atoms with Gasteiger partial charge in [0.1, 0.15) is 17.6 Å². The molecular weight excluding hydrogens is 439 g/mol. The molecule has 168 valence electrons. The number of carbonyl (C=O) groups is 2. The number of benzene rings is 2. The maximum atomic E-state index is 14.0. The van der Waals surface area contributed by atoms with Crippen molar-refractivity contribution >= 4 is 35.2 Å². The van der Waals surface area contributed by atoms with Gasteiger partial charge >= 0.3 is 0 Å². The number of hydrogen-bond donors (Lipinski definition) is 1. The number of nitrogens with zero attached hydrogens (tertiary/aromatic N) is 1. The molecule has 2 rings (SSSR count). The first-order chi connectivity index (χ1) is 14.9. The van der Waals surface area contributed by atoms with E-state index in [4.69, 9.17) is 16.3 Å². The monoisotopic (exact) mass is 466 g/mol. The Morgan fingerprint density at radius 1 is 1.26 bits per heavy atom. The van der Waals surface area contributed by atoms with Crippen LogP contribution in [0.25, 0.3) is 0 Å². The zero-order valence-corrected chi connectivity index (χ0v) is 19.6. The van der Waals surface area contributed by atoms with Crippen LogP contribution in [0.2, 0.25) is 5.02 Å². The zero-order chi connectivity index (χ0) is 22.8. The number of ether oxygens (including phenoxy) is 1. The summed E-state index contributed by atoms with van der Waals surface area (Å²) >= 11 is 7.33. The summed E-state index contributed by atoms with van der Waals surface area (Å²) in [6.07, 6.45) is 0.807. The van der Waals surface area contributed by atoms with E-state index in [0.717, 1.165) is 12.0 Å². The first kappa shape index (κ1) is 25.0. The molecule has 0 aliphatic heterocycles. The molecule has 0 spiro atoms. The summed E-state index contributed by atoms with van der Waals surface area (Å²) in [5.74, 6) is 0.227. The molecule has 0 aliphatic carbocycles. The molecule has 0 aromatic heterocycles. The van der Waals surface area contributed by atoms with Crippen LogP contribution in [-0.4, -0.2) is 42.2 Å². The highest BCUT2D eigenvalue weighted by Gasteiger charge is 2.26. The number of thioether (sulfide) groups is 1. The molecule has 0 heterocycles. The minimum atomic E-state index is -0.650. The minimum absolute atomic E-state index is 0.0973. The average Bonchev–Trinajstić information content (AvgIpc) is 2.77. The van der Waals surface area contributed by atoms with E-state index in [1.54, 1.807) is 26.2 Å².